The molecule has 0 unspecified atom stereocenters. The van der Waals surface area contributed by atoms with Gasteiger partial charge in [-0.25, -0.2) is 0 Å². The summed E-state index contributed by atoms with van der Waals surface area (Å²) in [6, 6.07) is 13.5. The zero-order valence-corrected chi connectivity index (χ0v) is 12.6. The third-order valence-electron chi connectivity index (χ3n) is 3.04. The molecule has 0 radical (unpaired) electrons. The van der Waals surface area contributed by atoms with Gasteiger partial charge in [-0.05, 0) is 36.3 Å². The number of halogens is 1. The number of benzene rings is 2. The van der Waals surface area contributed by atoms with E-state index in [0.717, 1.165) is 11.1 Å². The average molecular weight is 315 g/mol. The van der Waals surface area contributed by atoms with Crippen molar-refractivity contribution >= 4 is 34.7 Å². The van der Waals surface area contributed by atoms with Crippen LogP contribution in [-0.4, -0.2) is 11.9 Å². The molecule has 5 heteroatoms. The molecule has 0 bridgehead atoms. The van der Waals surface area contributed by atoms with Crippen molar-refractivity contribution in [3.8, 4) is 0 Å². The first kappa shape index (κ1) is 15.8. The molecule has 2 aromatic rings. The van der Waals surface area contributed by atoms with Gasteiger partial charge in [0.25, 0.3) is 0 Å². The zero-order chi connectivity index (χ0) is 16.1. The van der Waals surface area contributed by atoms with Gasteiger partial charge in [0.15, 0.2) is 0 Å². The number of hydrogen-bond donors (Lipinski definition) is 1. The highest BCUT2D eigenvalue weighted by atomic mass is 35.5. The number of nitrogens with one attached hydrogen (secondary N) is 1. The number of amides is 1. The van der Waals surface area contributed by atoms with Gasteiger partial charge in [0, 0.05) is 16.7 Å². The van der Waals surface area contributed by atoms with Crippen LogP contribution in [0.5, 0.6) is 0 Å². The summed E-state index contributed by atoms with van der Waals surface area (Å²) in [7, 11) is 0. The van der Waals surface area contributed by atoms with Crippen LogP contribution in [0.3, 0.4) is 0 Å². The molecule has 0 saturated carbocycles. The Kier molecular flexibility index (Phi) is 4.96. The Hall–Kier alpha value is -2.59. The van der Waals surface area contributed by atoms with Gasteiger partial charge in [0.05, 0.1) is 11.7 Å². The number of carbonyl (C=O) groups excluding carboxylic acids is 2. The van der Waals surface area contributed by atoms with Crippen LogP contribution in [0.25, 0.3) is 5.57 Å². The van der Waals surface area contributed by atoms with E-state index in [1.165, 1.54) is 24.3 Å². The van der Waals surface area contributed by atoms with E-state index in [1.54, 1.807) is 6.92 Å². The maximum atomic E-state index is 12.0. The van der Waals surface area contributed by atoms with Crippen molar-refractivity contribution in [2.24, 2.45) is 0 Å². The number of allylic oxidation sites excluding steroid dienone is 1. The molecule has 2 rings (SSSR count). The quantitative estimate of drug-likeness (QED) is 0.882. The second kappa shape index (κ2) is 6.91. The van der Waals surface area contributed by atoms with E-state index >= 15 is 0 Å². The molecule has 1 N–H and O–H groups in total. The molecule has 0 saturated heterocycles. The molecule has 0 fully saturated rings. The summed E-state index contributed by atoms with van der Waals surface area (Å²) in [5.74, 6) is -1.82. The van der Waals surface area contributed by atoms with E-state index in [4.69, 9.17) is 11.6 Å². The Morgan fingerprint density at radius 2 is 1.82 bits per heavy atom. The van der Waals surface area contributed by atoms with Crippen LogP contribution < -0.4 is 10.4 Å². The van der Waals surface area contributed by atoms with Crippen LogP contribution in [0.15, 0.2) is 54.6 Å². The number of carboxylic acids is 1. The molecule has 4 nitrogen and oxygen atoms in total. The highest BCUT2D eigenvalue weighted by Crippen LogP contribution is 2.21. The lowest BCUT2D eigenvalue weighted by Crippen LogP contribution is -2.24. The topological polar surface area (TPSA) is 69.2 Å². The molecule has 0 aliphatic rings. The summed E-state index contributed by atoms with van der Waals surface area (Å²) in [5.41, 5.74) is 1.65. The predicted octanol–water partition coefficient (Wildman–Crippen LogP) is 2.75. The maximum absolute atomic E-state index is 12.0. The van der Waals surface area contributed by atoms with E-state index in [-0.39, 0.29) is 11.3 Å². The highest BCUT2D eigenvalue weighted by molar-refractivity contribution is 6.31. The third kappa shape index (κ3) is 3.96. The molecule has 0 aliphatic carbocycles. The van der Waals surface area contributed by atoms with Crippen LogP contribution in [0, 0.1) is 0 Å². The average Bonchev–Trinajstić information content (AvgIpc) is 2.47. The van der Waals surface area contributed by atoms with Crippen LogP contribution in [0.4, 0.5) is 5.69 Å². The molecule has 0 aliphatic heterocycles. The fourth-order valence-electron chi connectivity index (χ4n) is 1.95. The molecule has 22 heavy (non-hydrogen) atoms. The number of aromatic carboxylic acids is 1. The summed E-state index contributed by atoms with van der Waals surface area (Å²) in [6.07, 6.45) is 1.40. The van der Waals surface area contributed by atoms with Crippen molar-refractivity contribution in [1.29, 1.82) is 0 Å². The minimum absolute atomic E-state index is 0.106. The van der Waals surface area contributed by atoms with Crippen molar-refractivity contribution in [3.63, 3.8) is 0 Å². The first-order valence-electron chi connectivity index (χ1n) is 6.53. The smallest absolute Gasteiger partial charge is 0.248 e. The lowest BCUT2D eigenvalue weighted by molar-refractivity contribution is -0.254. The van der Waals surface area contributed by atoms with E-state index < -0.39 is 11.9 Å². The van der Waals surface area contributed by atoms with Gasteiger partial charge in [0.1, 0.15) is 0 Å². The number of anilines is 1. The first-order chi connectivity index (χ1) is 10.5. The number of hydrogen-bond acceptors (Lipinski definition) is 3. The van der Waals surface area contributed by atoms with Crippen molar-refractivity contribution in [2.75, 3.05) is 5.32 Å². The van der Waals surface area contributed by atoms with Gasteiger partial charge < -0.3 is 15.2 Å². The van der Waals surface area contributed by atoms with Gasteiger partial charge in [-0.15, -0.1) is 0 Å². The molecular weight excluding hydrogens is 302 g/mol. The minimum Gasteiger partial charge on any atom is -0.545 e. The predicted molar refractivity (Wildman–Crippen MR) is 84.5 cm³/mol. The molecular formula is C17H13ClNO3-. The first-order valence-corrected chi connectivity index (χ1v) is 6.91. The van der Waals surface area contributed by atoms with Crippen LogP contribution in [0.1, 0.15) is 22.8 Å². The molecule has 2 aromatic carbocycles. The van der Waals surface area contributed by atoms with Crippen molar-refractivity contribution < 1.29 is 14.7 Å². The molecule has 0 aromatic heterocycles. The van der Waals surface area contributed by atoms with Crippen molar-refractivity contribution in [2.45, 2.75) is 6.92 Å². The van der Waals surface area contributed by atoms with Gasteiger partial charge in [-0.2, -0.15) is 0 Å². The molecule has 0 heterocycles. The normalized spacial score (nSPS) is 11.1. The summed E-state index contributed by atoms with van der Waals surface area (Å²) in [4.78, 5) is 23.1. The van der Waals surface area contributed by atoms with Crippen LogP contribution >= 0.6 is 11.6 Å². The Balaban J connectivity index is 2.23. The minimum atomic E-state index is -1.38. The summed E-state index contributed by atoms with van der Waals surface area (Å²) >= 11 is 5.83. The fourth-order valence-corrected chi connectivity index (χ4v) is 2.12. The molecule has 0 spiro atoms. The van der Waals surface area contributed by atoms with E-state index in [9.17, 15) is 14.7 Å². The van der Waals surface area contributed by atoms with E-state index in [1.807, 2.05) is 30.3 Å². The lowest BCUT2D eigenvalue weighted by Gasteiger charge is -2.11. The molecule has 0 atom stereocenters. The van der Waals surface area contributed by atoms with Gasteiger partial charge in [-0.1, -0.05) is 41.9 Å². The highest BCUT2D eigenvalue weighted by Gasteiger charge is 2.08. The zero-order valence-electron chi connectivity index (χ0n) is 11.8. The fraction of sp³-hybridized carbons (Fsp3) is 0.0588. The van der Waals surface area contributed by atoms with Gasteiger partial charge in [0.2, 0.25) is 5.91 Å². The van der Waals surface area contributed by atoms with Crippen LogP contribution in [0.2, 0.25) is 5.02 Å². The summed E-state index contributed by atoms with van der Waals surface area (Å²) in [6.45, 7) is 1.80. The Morgan fingerprint density at radius 1 is 1.14 bits per heavy atom. The lowest BCUT2D eigenvalue weighted by atomic mass is 10.1. The third-order valence-corrected chi connectivity index (χ3v) is 3.27. The Morgan fingerprint density at radius 3 is 2.45 bits per heavy atom. The van der Waals surface area contributed by atoms with Gasteiger partial charge >= 0.3 is 0 Å². The number of carboxylic acid groups (broad SMARTS) is 1. The monoisotopic (exact) mass is 314 g/mol. The summed E-state index contributed by atoms with van der Waals surface area (Å²) < 4.78 is 0. The SMILES string of the molecule is C/C(=C\C(=O)Nc1cc(Cl)ccc1C(=O)[O-])c1ccccc1. The molecule has 112 valence electrons. The second-order valence-corrected chi connectivity index (χ2v) is 5.10. The van der Waals surface area contributed by atoms with Crippen LogP contribution in [-0.2, 0) is 4.79 Å². The molecule has 1 amide bonds. The van der Waals surface area contributed by atoms with Gasteiger partial charge in [-0.3, -0.25) is 4.79 Å². The maximum Gasteiger partial charge on any atom is 0.248 e. The van der Waals surface area contributed by atoms with E-state index in [2.05, 4.69) is 5.32 Å². The van der Waals surface area contributed by atoms with E-state index in [0.29, 0.717) is 5.02 Å². The number of carbonyl (C=O) groups is 2. The summed E-state index contributed by atoms with van der Waals surface area (Å²) in [5, 5.41) is 13.9. The van der Waals surface area contributed by atoms with Crippen molar-refractivity contribution in [3.05, 3.63) is 70.8 Å². The second-order valence-electron chi connectivity index (χ2n) is 4.66. The Labute approximate surface area is 133 Å². The largest absolute Gasteiger partial charge is 0.545 e. The standard InChI is InChI=1S/C17H14ClNO3/c1-11(12-5-3-2-4-6-12)9-16(20)19-15-10-13(18)7-8-14(15)17(21)22/h2-10H,1H3,(H,19,20)(H,21,22)/p-1/b11-9+. The number of rotatable bonds is 4. The Bertz CT molecular complexity index is 739. The van der Waals surface area contributed by atoms with Crippen molar-refractivity contribution in [1.82, 2.24) is 0 Å².